The van der Waals surface area contributed by atoms with Crippen LogP contribution in [0.25, 0.3) is 0 Å². The van der Waals surface area contributed by atoms with E-state index in [2.05, 4.69) is 0 Å². The van der Waals surface area contributed by atoms with Crippen molar-refractivity contribution < 1.29 is 29.6 Å². The first kappa shape index (κ1) is 15.1. The van der Waals surface area contributed by atoms with Gasteiger partial charge in [0.05, 0.1) is 27.0 Å². The van der Waals surface area contributed by atoms with Gasteiger partial charge in [0.25, 0.3) is 0 Å². The number of nitrogens with zero attached hydrogens (tertiary/aromatic N) is 2. The lowest BCUT2D eigenvalue weighted by Crippen LogP contribution is -2.23. The molecule has 24 heavy (non-hydrogen) atoms. The Labute approximate surface area is 131 Å². The molecule has 2 aromatic carbocycles. The number of hydrogen-bond acceptors (Lipinski definition) is 8. The lowest BCUT2D eigenvalue weighted by atomic mass is 9.82. The zero-order chi connectivity index (χ0) is 17.8. The SMILES string of the molecule is O=C1c2c(O)cccc2C(=O)c2c1c(O)cc([N+](=O)[O-])c2[N+](=O)[O-]. The molecular weight excluding hydrogens is 324 g/mol. The lowest BCUT2D eigenvalue weighted by molar-refractivity contribution is -0.422. The Morgan fingerprint density at radius 3 is 2.08 bits per heavy atom. The first-order chi connectivity index (χ1) is 11.3. The van der Waals surface area contributed by atoms with Crippen LogP contribution in [0.2, 0.25) is 0 Å². The van der Waals surface area contributed by atoms with Crippen molar-refractivity contribution in [2.24, 2.45) is 0 Å². The second-order valence-corrected chi connectivity index (χ2v) is 4.89. The van der Waals surface area contributed by atoms with E-state index in [0.717, 1.165) is 12.1 Å². The van der Waals surface area contributed by atoms with Crippen LogP contribution in [0.3, 0.4) is 0 Å². The quantitative estimate of drug-likeness (QED) is 0.530. The lowest BCUT2D eigenvalue weighted by Gasteiger charge is -2.18. The Kier molecular flexibility index (Phi) is 3.04. The van der Waals surface area contributed by atoms with Crippen molar-refractivity contribution in [2.75, 3.05) is 0 Å². The van der Waals surface area contributed by atoms with Gasteiger partial charge in [-0.2, -0.15) is 0 Å². The average molecular weight is 330 g/mol. The minimum absolute atomic E-state index is 0.338. The summed E-state index contributed by atoms with van der Waals surface area (Å²) < 4.78 is 0. The molecule has 10 heteroatoms. The van der Waals surface area contributed by atoms with Crippen molar-refractivity contribution >= 4 is 22.9 Å². The number of nitro benzene ring substituents is 2. The highest BCUT2D eigenvalue weighted by Crippen LogP contribution is 2.44. The maximum absolute atomic E-state index is 12.6. The molecule has 2 N–H and O–H groups in total. The molecule has 0 saturated heterocycles. The Bertz CT molecular complexity index is 979. The first-order valence-electron chi connectivity index (χ1n) is 6.35. The topological polar surface area (TPSA) is 161 Å². The fourth-order valence-electron chi connectivity index (χ4n) is 2.65. The van der Waals surface area contributed by atoms with E-state index in [0.29, 0.717) is 6.07 Å². The number of phenols is 2. The van der Waals surface area contributed by atoms with Crippen LogP contribution in [0, 0.1) is 20.2 Å². The number of ketones is 2. The molecule has 0 aliphatic heterocycles. The third-order valence-electron chi connectivity index (χ3n) is 3.61. The predicted molar refractivity (Wildman–Crippen MR) is 76.4 cm³/mol. The Morgan fingerprint density at radius 1 is 0.833 bits per heavy atom. The number of aromatic hydroxyl groups is 2. The summed E-state index contributed by atoms with van der Waals surface area (Å²) in [7, 11) is 0. The fraction of sp³-hybridized carbons (Fsp3) is 0. The van der Waals surface area contributed by atoms with Crippen LogP contribution in [-0.2, 0) is 0 Å². The van der Waals surface area contributed by atoms with Crippen molar-refractivity contribution in [1.82, 2.24) is 0 Å². The Hall–Kier alpha value is -3.82. The van der Waals surface area contributed by atoms with Crippen molar-refractivity contribution in [3.8, 4) is 11.5 Å². The van der Waals surface area contributed by atoms with Gasteiger partial charge in [-0.3, -0.25) is 29.8 Å². The molecule has 0 atom stereocenters. The normalized spacial score (nSPS) is 12.5. The van der Waals surface area contributed by atoms with Gasteiger partial charge in [0.1, 0.15) is 17.1 Å². The number of carbonyl (C=O) groups excluding carboxylic acids is 2. The van der Waals surface area contributed by atoms with Gasteiger partial charge in [0, 0.05) is 5.56 Å². The predicted octanol–water partition coefficient (Wildman–Crippen LogP) is 1.69. The molecule has 3 rings (SSSR count). The summed E-state index contributed by atoms with van der Waals surface area (Å²) in [5.41, 5.74) is -4.66. The van der Waals surface area contributed by atoms with E-state index in [9.17, 15) is 40.0 Å². The van der Waals surface area contributed by atoms with Crippen molar-refractivity contribution in [3.05, 3.63) is 66.7 Å². The summed E-state index contributed by atoms with van der Waals surface area (Å²) >= 11 is 0. The second-order valence-electron chi connectivity index (χ2n) is 4.89. The fourth-order valence-corrected chi connectivity index (χ4v) is 2.65. The largest absolute Gasteiger partial charge is 0.507 e. The van der Waals surface area contributed by atoms with Gasteiger partial charge in [-0.25, -0.2) is 0 Å². The van der Waals surface area contributed by atoms with Gasteiger partial charge in [-0.1, -0.05) is 12.1 Å². The molecule has 0 aromatic heterocycles. The monoisotopic (exact) mass is 330 g/mol. The zero-order valence-electron chi connectivity index (χ0n) is 11.5. The van der Waals surface area contributed by atoms with Crippen LogP contribution in [0.4, 0.5) is 11.4 Å². The molecule has 0 saturated carbocycles. The van der Waals surface area contributed by atoms with Crippen molar-refractivity contribution in [3.63, 3.8) is 0 Å². The Balaban J connectivity index is 2.49. The average Bonchev–Trinajstić information content (AvgIpc) is 2.50. The van der Waals surface area contributed by atoms with Gasteiger partial charge in [-0.15, -0.1) is 0 Å². The van der Waals surface area contributed by atoms with Crippen LogP contribution in [-0.4, -0.2) is 31.6 Å². The van der Waals surface area contributed by atoms with Gasteiger partial charge in [0.2, 0.25) is 11.6 Å². The van der Waals surface area contributed by atoms with Gasteiger partial charge >= 0.3 is 11.4 Å². The molecule has 0 radical (unpaired) electrons. The van der Waals surface area contributed by atoms with Crippen LogP contribution in [0.1, 0.15) is 31.8 Å². The van der Waals surface area contributed by atoms with Crippen LogP contribution < -0.4 is 0 Å². The molecular formula is C14H6N2O8. The van der Waals surface area contributed by atoms with Crippen LogP contribution in [0.15, 0.2) is 24.3 Å². The van der Waals surface area contributed by atoms with Crippen molar-refractivity contribution in [1.29, 1.82) is 0 Å². The second kappa shape index (κ2) is 4.84. The number of carbonyl (C=O) groups is 2. The molecule has 0 spiro atoms. The zero-order valence-corrected chi connectivity index (χ0v) is 11.5. The molecule has 0 heterocycles. The van der Waals surface area contributed by atoms with E-state index < -0.39 is 61.0 Å². The standard InChI is InChI=1S/C14H6N2O8/c17-7-3-1-2-5-9(7)14(20)10-8(18)4-6(15(21)22)12(16(23)24)11(10)13(5)19/h1-4,17-18H. The summed E-state index contributed by atoms with van der Waals surface area (Å²) in [6, 6.07) is 3.96. The number of benzene rings is 2. The molecule has 0 fully saturated rings. The number of hydrogen-bond donors (Lipinski definition) is 2. The summed E-state index contributed by atoms with van der Waals surface area (Å²) in [4.78, 5) is 45.0. The summed E-state index contributed by atoms with van der Waals surface area (Å²) in [6.45, 7) is 0. The van der Waals surface area contributed by atoms with E-state index in [1.165, 1.54) is 6.07 Å². The van der Waals surface area contributed by atoms with E-state index in [1.807, 2.05) is 0 Å². The number of fused-ring (bicyclic) bond motifs is 2. The smallest absolute Gasteiger partial charge is 0.358 e. The minimum Gasteiger partial charge on any atom is -0.507 e. The van der Waals surface area contributed by atoms with E-state index in [4.69, 9.17) is 0 Å². The van der Waals surface area contributed by atoms with E-state index >= 15 is 0 Å². The number of nitro groups is 2. The summed E-state index contributed by atoms with van der Waals surface area (Å²) in [5.74, 6) is -3.60. The summed E-state index contributed by atoms with van der Waals surface area (Å²) in [6.07, 6.45) is 0. The maximum atomic E-state index is 12.6. The highest BCUT2D eigenvalue weighted by atomic mass is 16.6. The van der Waals surface area contributed by atoms with Crippen molar-refractivity contribution in [2.45, 2.75) is 0 Å². The molecule has 0 unspecified atom stereocenters. The van der Waals surface area contributed by atoms with Gasteiger partial charge in [-0.05, 0) is 6.07 Å². The third-order valence-corrected chi connectivity index (χ3v) is 3.61. The van der Waals surface area contributed by atoms with Gasteiger partial charge < -0.3 is 10.2 Å². The third kappa shape index (κ3) is 1.83. The van der Waals surface area contributed by atoms with Crippen LogP contribution in [0.5, 0.6) is 11.5 Å². The molecule has 0 bridgehead atoms. The molecule has 2 aromatic rings. The Morgan fingerprint density at radius 2 is 1.50 bits per heavy atom. The molecule has 120 valence electrons. The van der Waals surface area contributed by atoms with E-state index in [1.54, 1.807) is 0 Å². The number of phenolic OH excluding ortho intramolecular Hbond substituents is 2. The first-order valence-corrected chi connectivity index (χ1v) is 6.35. The minimum atomic E-state index is -1.18. The van der Waals surface area contributed by atoms with Crippen LogP contribution >= 0.6 is 0 Å². The highest BCUT2D eigenvalue weighted by molar-refractivity contribution is 6.31. The maximum Gasteiger partial charge on any atom is 0.358 e. The molecule has 10 nitrogen and oxygen atoms in total. The summed E-state index contributed by atoms with van der Waals surface area (Å²) in [5, 5.41) is 42.0. The number of rotatable bonds is 2. The molecule has 1 aliphatic rings. The van der Waals surface area contributed by atoms with Gasteiger partial charge in [0.15, 0.2) is 0 Å². The molecule has 0 amide bonds. The van der Waals surface area contributed by atoms with E-state index in [-0.39, 0.29) is 5.56 Å². The highest BCUT2D eigenvalue weighted by Gasteiger charge is 2.44. The molecule has 1 aliphatic carbocycles.